The highest BCUT2D eigenvalue weighted by Gasteiger charge is 2.14. The molecule has 0 saturated heterocycles. The predicted octanol–water partition coefficient (Wildman–Crippen LogP) is 3.72. The number of nitrogens with zero attached hydrogens (tertiary/aromatic N) is 2. The van der Waals surface area contributed by atoms with Gasteiger partial charge in [-0.3, -0.25) is 4.99 Å². The Morgan fingerprint density at radius 2 is 1.81 bits per heavy atom. The van der Waals surface area contributed by atoms with E-state index in [0.29, 0.717) is 12.5 Å². The van der Waals surface area contributed by atoms with E-state index in [4.69, 9.17) is 0 Å². The van der Waals surface area contributed by atoms with E-state index in [0.717, 1.165) is 12.1 Å². The molecule has 4 nitrogen and oxygen atoms in total. The van der Waals surface area contributed by atoms with Crippen LogP contribution in [-0.4, -0.2) is 38.5 Å². The summed E-state index contributed by atoms with van der Waals surface area (Å²) in [6, 6.07) is 15.4. The van der Waals surface area contributed by atoms with Gasteiger partial charge in [0.2, 0.25) is 0 Å². The lowest BCUT2D eigenvalue weighted by Crippen LogP contribution is -2.41. The van der Waals surface area contributed by atoms with E-state index in [-0.39, 0.29) is 35.8 Å². The molecule has 0 saturated carbocycles. The number of hydrogen-bond acceptors (Lipinski definition) is 2. The van der Waals surface area contributed by atoms with Gasteiger partial charge in [-0.15, -0.1) is 24.0 Å². The van der Waals surface area contributed by atoms with Gasteiger partial charge in [-0.05, 0) is 44.3 Å². The molecule has 0 radical (unpaired) electrons. The van der Waals surface area contributed by atoms with Crippen LogP contribution < -0.4 is 10.6 Å². The first kappa shape index (κ1) is 22.4. The molecule has 6 heteroatoms. The van der Waals surface area contributed by atoms with Crippen molar-refractivity contribution >= 4 is 29.9 Å². The Kier molecular flexibility index (Phi) is 9.58. The second kappa shape index (κ2) is 11.1. The van der Waals surface area contributed by atoms with Gasteiger partial charge in [-0.1, -0.05) is 42.0 Å². The second-order valence-electron chi connectivity index (χ2n) is 6.33. The predicted molar refractivity (Wildman–Crippen MR) is 118 cm³/mol. The van der Waals surface area contributed by atoms with E-state index in [2.05, 4.69) is 65.8 Å². The minimum atomic E-state index is -0.228. The van der Waals surface area contributed by atoms with Crippen molar-refractivity contribution in [1.29, 1.82) is 0 Å². The Morgan fingerprint density at radius 3 is 2.38 bits per heavy atom. The molecule has 142 valence electrons. The average Bonchev–Trinajstić information content (AvgIpc) is 2.59. The zero-order valence-electron chi connectivity index (χ0n) is 15.8. The van der Waals surface area contributed by atoms with Crippen molar-refractivity contribution in [2.45, 2.75) is 19.5 Å². The summed E-state index contributed by atoms with van der Waals surface area (Å²) < 4.78 is 13.3. The van der Waals surface area contributed by atoms with Crippen molar-refractivity contribution in [3.63, 3.8) is 0 Å². The number of benzene rings is 2. The van der Waals surface area contributed by atoms with Gasteiger partial charge in [0.25, 0.3) is 0 Å². The Bertz CT molecular complexity index is 701. The molecule has 0 heterocycles. The molecule has 0 amide bonds. The molecule has 0 bridgehead atoms. The highest BCUT2D eigenvalue weighted by atomic mass is 127. The van der Waals surface area contributed by atoms with Crippen molar-refractivity contribution in [2.75, 3.05) is 27.7 Å². The first-order valence-electron chi connectivity index (χ1n) is 8.41. The van der Waals surface area contributed by atoms with Crippen LogP contribution in [0.5, 0.6) is 0 Å². The minimum Gasteiger partial charge on any atom is -0.354 e. The van der Waals surface area contributed by atoms with Gasteiger partial charge in [-0.25, -0.2) is 4.39 Å². The summed E-state index contributed by atoms with van der Waals surface area (Å²) in [6.45, 7) is 3.33. The fourth-order valence-electron chi connectivity index (χ4n) is 2.63. The standard InChI is InChI=1S/C20H27FN4.HI/c1-15-8-10-17(11-9-15)19(25(3)4)14-24-20(22-2)23-13-16-6-5-7-18(21)12-16;/h5-12,19H,13-14H2,1-4H3,(H2,22,23,24);1H. The summed E-state index contributed by atoms with van der Waals surface area (Å²) >= 11 is 0. The highest BCUT2D eigenvalue weighted by molar-refractivity contribution is 14.0. The summed E-state index contributed by atoms with van der Waals surface area (Å²) in [5, 5.41) is 6.57. The number of rotatable bonds is 6. The topological polar surface area (TPSA) is 39.7 Å². The van der Waals surface area contributed by atoms with E-state index < -0.39 is 0 Å². The number of aliphatic imine (C=N–C) groups is 1. The monoisotopic (exact) mass is 470 g/mol. The molecule has 2 aromatic carbocycles. The minimum absolute atomic E-state index is 0. The third kappa shape index (κ3) is 6.92. The first-order valence-corrected chi connectivity index (χ1v) is 8.41. The number of likely N-dealkylation sites (N-methyl/N-ethyl adjacent to an activating group) is 1. The summed E-state index contributed by atoms with van der Waals surface area (Å²) in [5.74, 6) is 0.470. The zero-order valence-corrected chi connectivity index (χ0v) is 18.1. The SMILES string of the molecule is CN=C(NCc1cccc(F)c1)NCC(c1ccc(C)cc1)N(C)C.I. The molecule has 0 fully saturated rings. The molecule has 2 aromatic rings. The van der Waals surface area contributed by atoms with Crippen LogP contribution in [0, 0.1) is 12.7 Å². The lowest BCUT2D eigenvalue weighted by Gasteiger charge is -2.26. The number of aryl methyl sites for hydroxylation is 1. The van der Waals surface area contributed by atoms with Crippen LogP contribution in [0.15, 0.2) is 53.5 Å². The van der Waals surface area contributed by atoms with Crippen molar-refractivity contribution < 1.29 is 4.39 Å². The van der Waals surface area contributed by atoms with Crippen LogP contribution >= 0.6 is 24.0 Å². The number of guanidine groups is 1. The van der Waals surface area contributed by atoms with Gasteiger partial charge >= 0.3 is 0 Å². The Morgan fingerprint density at radius 1 is 1.12 bits per heavy atom. The summed E-state index contributed by atoms with van der Waals surface area (Å²) in [5.41, 5.74) is 3.39. The van der Waals surface area contributed by atoms with E-state index in [9.17, 15) is 4.39 Å². The average molecular weight is 470 g/mol. The van der Waals surface area contributed by atoms with E-state index >= 15 is 0 Å². The maximum atomic E-state index is 13.3. The zero-order chi connectivity index (χ0) is 18.2. The van der Waals surface area contributed by atoms with Crippen molar-refractivity contribution in [3.8, 4) is 0 Å². The van der Waals surface area contributed by atoms with E-state index in [1.165, 1.54) is 23.3 Å². The van der Waals surface area contributed by atoms with Crippen LogP contribution in [-0.2, 0) is 6.54 Å². The maximum absolute atomic E-state index is 13.3. The smallest absolute Gasteiger partial charge is 0.191 e. The summed E-state index contributed by atoms with van der Waals surface area (Å²) in [4.78, 5) is 6.42. The largest absolute Gasteiger partial charge is 0.354 e. The van der Waals surface area contributed by atoms with Crippen molar-refractivity contribution in [2.24, 2.45) is 4.99 Å². The van der Waals surface area contributed by atoms with Crippen LogP contribution in [0.2, 0.25) is 0 Å². The van der Waals surface area contributed by atoms with Gasteiger partial charge in [0.1, 0.15) is 5.82 Å². The second-order valence-corrected chi connectivity index (χ2v) is 6.33. The summed E-state index contributed by atoms with van der Waals surface area (Å²) in [7, 11) is 5.86. The quantitative estimate of drug-likeness (QED) is 0.384. The Hall–Kier alpha value is -1.67. The number of halogens is 2. The number of hydrogen-bond donors (Lipinski definition) is 2. The lowest BCUT2D eigenvalue weighted by molar-refractivity contribution is 0.298. The molecule has 2 rings (SSSR count). The highest BCUT2D eigenvalue weighted by Crippen LogP contribution is 2.17. The lowest BCUT2D eigenvalue weighted by atomic mass is 10.0. The van der Waals surface area contributed by atoms with Crippen LogP contribution in [0.25, 0.3) is 0 Å². The van der Waals surface area contributed by atoms with E-state index in [1.807, 2.05) is 6.07 Å². The normalized spacial score (nSPS) is 12.5. The summed E-state index contributed by atoms with van der Waals surface area (Å²) in [6.07, 6.45) is 0. The molecule has 1 atom stereocenters. The molecule has 0 aromatic heterocycles. The first-order chi connectivity index (χ1) is 12.0. The molecule has 0 aliphatic rings. The number of nitrogens with one attached hydrogen (secondary N) is 2. The van der Waals surface area contributed by atoms with Crippen molar-refractivity contribution in [3.05, 3.63) is 71.0 Å². The van der Waals surface area contributed by atoms with Crippen LogP contribution in [0.1, 0.15) is 22.7 Å². The fraction of sp³-hybridized carbons (Fsp3) is 0.350. The molecular weight excluding hydrogens is 442 g/mol. The van der Waals surface area contributed by atoms with E-state index in [1.54, 1.807) is 13.1 Å². The molecule has 0 aliphatic heterocycles. The fourth-order valence-corrected chi connectivity index (χ4v) is 2.63. The molecule has 0 spiro atoms. The van der Waals surface area contributed by atoms with Crippen molar-refractivity contribution in [1.82, 2.24) is 15.5 Å². The molecular formula is C20H28FIN4. The molecule has 26 heavy (non-hydrogen) atoms. The molecule has 1 unspecified atom stereocenters. The maximum Gasteiger partial charge on any atom is 0.191 e. The van der Waals surface area contributed by atoms with Gasteiger partial charge in [0, 0.05) is 20.1 Å². The molecule has 2 N–H and O–H groups in total. The Labute approximate surface area is 172 Å². The van der Waals surface area contributed by atoms with Crippen LogP contribution in [0.4, 0.5) is 4.39 Å². The van der Waals surface area contributed by atoms with Gasteiger partial charge in [-0.2, -0.15) is 0 Å². The molecule has 0 aliphatic carbocycles. The van der Waals surface area contributed by atoms with Gasteiger partial charge in [0.05, 0.1) is 6.04 Å². The Balaban J connectivity index is 0.00000338. The van der Waals surface area contributed by atoms with Gasteiger partial charge < -0.3 is 15.5 Å². The third-order valence-electron chi connectivity index (χ3n) is 4.12. The van der Waals surface area contributed by atoms with Crippen LogP contribution in [0.3, 0.4) is 0 Å². The van der Waals surface area contributed by atoms with Gasteiger partial charge in [0.15, 0.2) is 5.96 Å². The third-order valence-corrected chi connectivity index (χ3v) is 4.12.